The van der Waals surface area contributed by atoms with Crippen LogP contribution in [0.4, 0.5) is 0 Å². The minimum atomic E-state index is -0.919. The molecule has 0 unspecified atom stereocenters. The third-order valence-corrected chi connectivity index (χ3v) is 7.62. The number of likely N-dealkylation sites (tertiary alicyclic amines) is 1. The van der Waals surface area contributed by atoms with E-state index in [1.54, 1.807) is 0 Å². The molecule has 3 aliphatic rings. The maximum absolute atomic E-state index is 13.0. The Balaban J connectivity index is 2.19. The van der Waals surface area contributed by atoms with Crippen LogP contribution in [0.25, 0.3) is 0 Å². The van der Waals surface area contributed by atoms with Gasteiger partial charge < -0.3 is 15.1 Å². The van der Waals surface area contributed by atoms with Crippen LogP contribution in [-0.4, -0.2) is 46.5 Å². The van der Waals surface area contributed by atoms with Gasteiger partial charge in [0.15, 0.2) is 5.78 Å². The van der Waals surface area contributed by atoms with Crippen molar-refractivity contribution in [3.8, 4) is 0 Å². The van der Waals surface area contributed by atoms with Crippen LogP contribution < -0.4 is 0 Å². The number of amides is 1. The molecule has 5 heteroatoms. The van der Waals surface area contributed by atoms with E-state index in [-0.39, 0.29) is 23.2 Å². The van der Waals surface area contributed by atoms with Gasteiger partial charge in [0.1, 0.15) is 17.4 Å². The molecule has 0 aromatic carbocycles. The first kappa shape index (κ1) is 22.5. The first-order chi connectivity index (χ1) is 14.2. The second-order valence-corrected chi connectivity index (χ2v) is 9.47. The highest BCUT2D eigenvalue weighted by molar-refractivity contribution is 6.26. The summed E-state index contributed by atoms with van der Waals surface area (Å²) in [6.45, 7) is 7.86. The molecular formula is C25H35NO4. The lowest BCUT2D eigenvalue weighted by Gasteiger charge is -2.52. The van der Waals surface area contributed by atoms with Crippen molar-refractivity contribution in [1.29, 1.82) is 0 Å². The van der Waals surface area contributed by atoms with Crippen molar-refractivity contribution in [2.75, 3.05) is 13.7 Å². The highest BCUT2D eigenvalue weighted by Crippen LogP contribution is 2.58. The monoisotopic (exact) mass is 413 g/mol. The molecule has 6 atom stereocenters. The minimum absolute atomic E-state index is 0.104. The number of Topliss-reactive ketones (excluding diaryl/α,β-unsaturated/α-hetero) is 1. The van der Waals surface area contributed by atoms with Crippen molar-refractivity contribution in [2.24, 2.45) is 29.1 Å². The zero-order valence-corrected chi connectivity index (χ0v) is 18.8. The number of rotatable bonds is 4. The summed E-state index contributed by atoms with van der Waals surface area (Å²) in [5.41, 5.74) is 0.259. The number of hydrogen-bond donors (Lipinski definition) is 2. The van der Waals surface area contributed by atoms with E-state index in [0.717, 1.165) is 24.8 Å². The summed E-state index contributed by atoms with van der Waals surface area (Å²) in [5.74, 6) is -0.128. The number of carbonyl (C=O) groups excluding carboxylic acids is 2. The SMILES string of the molecule is C/C=C/C=C/[C@H]1C(C)=C[C@H]2C[C@@H](C)CC[C@@H]2[C@@]1(C)/C(O)=C1/C(=O)[C@@H](CO)N(C)C1=O. The van der Waals surface area contributed by atoms with Crippen molar-refractivity contribution in [1.82, 2.24) is 4.90 Å². The third kappa shape index (κ3) is 3.47. The van der Waals surface area contributed by atoms with Gasteiger partial charge in [-0.25, -0.2) is 0 Å². The van der Waals surface area contributed by atoms with Gasteiger partial charge in [-0.3, -0.25) is 9.59 Å². The fourth-order valence-corrected chi connectivity index (χ4v) is 5.92. The number of aliphatic hydroxyl groups excluding tert-OH is 2. The fourth-order valence-electron chi connectivity index (χ4n) is 5.92. The molecule has 1 heterocycles. The van der Waals surface area contributed by atoms with Crippen molar-refractivity contribution in [3.05, 3.63) is 47.3 Å². The second-order valence-electron chi connectivity index (χ2n) is 9.47. The highest BCUT2D eigenvalue weighted by Gasteiger charge is 2.55. The van der Waals surface area contributed by atoms with Gasteiger partial charge in [-0.05, 0) is 44.4 Å². The summed E-state index contributed by atoms with van der Waals surface area (Å²) in [5, 5.41) is 21.2. The van der Waals surface area contributed by atoms with E-state index in [9.17, 15) is 19.8 Å². The predicted octanol–water partition coefficient (Wildman–Crippen LogP) is 3.97. The number of allylic oxidation sites excluding steroid dienone is 7. The fraction of sp³-hybridized carbons (Fsp3) is 0.600. The number of aliphatic hydroxyl groups is 2. The summed E-state index contributed by atoms with van der Waals surface area (Å²) < 4.78 is 0. The minimum Gasteiger partial charge on any atom is -0.511 e. The molecule has 164 valence electrons. The largest absolute Gasteiger partial charge is 0.511 e. The Kier molecular flexibility index (Phi) is 6.42. The molecule has 3 rings (SSSR count). The van der Waals surface area contributed by atoms with Crippen LogP contribution >= 0.6 is 0 Å². The Hall–Kier alpha value is -2.14. The van der Waals surface area contributed by atoms with E-state index in [0.29, 0.717) is 11.8 Å². The second kappa shape index (κ2) is 8.54. The number of hydrogen-bond acceptors (Lipinski definition) is 4. The van der Waals surface area contributed by atoms with Crippen LogP contribution in [0.1, 0.15) is 47.0 Å². The molecule has 1 amide bonds. The van der Waals surface area contributed by atoms with E-state index in [1.807, 2.05) is 32.1 Å². The summed E-state index contributed by atoms with van der Waals surface area (Å²) >= 11 is 0. The zero-order chi connectivity index (χ0) is 22.2. The predicted molar refractivity (Wildman–Crippen MR) is 118 cm³/mol. The van der Waals surface area contributed by atoms with Crippen molar-refractivity contribution in [2.45, 2.75) is 53.0 Å². The normalized spacial score (nSPS) is 39.1. The topological polar surface area (TPSA) is 77.8 Å². The van der Waals surface area contributed by atoms with Gasteiger partial charge in [-0.2, -0.15) is 0 Å². The summed E-state index contributed by atoms with van der Waals surface area (Å²) in [6.07, 6.45) is 13.4. The van der Waals surface area contributed by atoms with Gasteiger partial charge in [0.2, 0.25) is 0 Å². The quantitative estimate of drug-likeness (QED) is 0.240. The van der Waals surface area contributed by atoms with Gasteiger partial charge >= 0.3 is 0 Å². The Morgan fingerprint density at radius 1 is 1.30 bits per heavy atom. The van der Waals surface area contributed by atoms with Crippen LogP contribution in [0.3, 0.4) is 0 Å². The summed E-state index contributed by atoms with van der Waals surface area (Å²) in [6, 6.07) is -0.919. The van der Waals surface area contributed by atoms with Crippen LogP contribution in [0.2, 0.25) is 0 Å². The van der Waals surface area contributed by atoms with E-state index in [1.165, 1.54) is 11.9 Å². The maximum atomic E-state index is 13.0. The van der Waals surface area contributed by atoms with E-state index in [2.05, 4.69) is 26.0 Å². The molecule has 1 saturated heterocycles. The lowest BCUT2D eigenvalue weighted by Crippen LogP contribution is -2.46. The summed E-state index contributed by atoms with van der Waals surface area (Å²) in [7, 11) is 1.50. The van der Waals surface area contributed by atoms with Gasteiger partial charge in [0.25, 0.3) is 5.91 Å². The summed E-state index contributed by atoms with van der Waals surface area (Å²) in [4.78, 5) is 27.1. The van der Waals surface area contributed by atoms with Gasteiger partial charge in [0, 0.05) is 18.4 Å². The number of fused-ring (bicyclic) bond motifs is 1. The Labute approximate surface area is 179 Å². The molecule has 0 aromatic heterocycles. The molecule has 5 nitrogen and oxygen atoms in total. The lowest BCUT2D eigenvalue weighted by molar-refractivity contribution is -0.126. The molecule has 2 N–H and O–H groups in total. The van der Waals surface area contributed by atoms with Gasteiger partial charge in [0.05, 0.1) is 6.61 Å². The smallest absolute Gasteiger partial charge is 0.261 e. The Morgan fingerprint density at radius 3 is 2.60 bits per heavy atom. The molecule has 0 spiro atoms. The molecular weight excluding hydrogens is 378 g/mol. The number of nitrogens with zero attached hydrogens (tertiary/aromatic N) is 1. The average Bonchev–Trinajstić information content (AvgIpc) is 2.91. The van der Waals surface area contributed by atoms with Gasteiger partial charge in [-0.15, -0.1) is 0 Å². The molecule has 2 aliphatic carbocycles. The lowest BCUT2D eigenvalue weighted by atomic mass is 9.52. The van der Waals surface area contributed by atoms with Crippen LogP contribution in [0.5, 0.6) is 0 Å². The number of carbonyl (C=O) groups is 2. The average molecular weight is 414 g/mol. The Bertz CT molecular complexity index is 836. The standard InChI is InChI=1S/C25H35NO4/c1-6-7-8-9-18-16(3)13-17-12-15(2)10-11-19(17)25(18,4)23(29)21-22(28)20(14-27)26(5)24(21)30/h6-9,13,15,17-20,27,29H,10-12,14H2,1-5H3/b7-6+,9-8+,23-21+/t15-,17+,18-,19-,20+,25-/m0/s1. The van der Waals surface area contributed by atoms with E-state index >= 15 is 0 Å². The van der Waals surface area contributed by atoms with Gasteiger partial charge in [-0.1, -0.05) is 56.2 Å². The maximum Gasteiger partial charge on any atom is 0.261 e. The first-order valence-electron chi connectivity index (χ1n) is 11.0. The van der Waals surface area contributed by atoms with Crippen LogP contribution in [0.15, 0.2) is 47.3 Å². The molecule has 0 bridgehead atoms. The zero-order valence-electron chi connectivity index (χ0n) is 18.8. The molecule has 30 heavy (non-hydrogen) atoms. The van der Waals surface area contributed by atoms with E-state index in [4.69, 9.17) is 0 Å². The van der Waals surface area contributed by atoms with E-state index < -0.39 is 29.8 Å². The number of ketones is 1. The molecule has 0 radical (unpaired) electrons. The van der Waals surface area contributed by atoms with Crippen LogP contribution in [0, 0.1) is 29.1 Å². The molecule has 2 fully saturated rings. The van der Waals surface area contributed by atoms with Crippen molar-refractivity contribution in [3.63, 3.8) is 0 Å². The van der Waals surface area contributed by atoms with Crippen molar-refractivity contribution < 1.29 is 19.8 Å². The molecule has 1 saturated carbocycles. The van der Waals surface area contributed by atoms with Crippen LogP contribution in [-0.2, 0) is 9.59 Å². The number of likely N-dealkylation sites (N-methyl/N-ethyl adjacent to an activating group) is 1. The molecule has 1 aliphatic heterocycles. The van der Waals surface area contributed by atoms with Crippen molar-refractivity contribution >= 4 is 11.7 Å². The third-order valence-electron chi connectivity index (χ3n) is 7.62. The Morgan fingerprint density at radius 2 is 2.00 bits per heavy atom. The highest BCUT2D eigenvalue weighted by atomic mass is 16.3. The molecule has 0 aromatic rings. The first-order valence-corrected chi connectivity index (χ1v) is 11.0.